The number of aromatic nitrogens is 3. The third-order valence-corrected chi connectivity index (χ3v) is 5.66. The highest BCUT2D eigenvalue weighted by Crippen LogP contribution is 2.31. The average molecular weight is 669 g/mol. The van der Waals surface area contributed by atoms with E-state index in [4.69, 9.17) is 39.5 Å². The maximum atomic E-state index is 10.6. The number of hydrogen-bond acceptors (Lipinski definition) is 7. The lowest BCUT2D eigenvalue weighted by Gasteiger charge is -2.31. The monoisotopic (exact) mass is 668 g/mol. The van der Waals surface area contributed by atoms with Crippen LogP contribution in [-0.4, -0.2) is 91.2 Å². The van der Waals surface area contributed by atoms with E-state index in [0.717, 1.165) is 51.0 Å². The van der Waals surface area contributed by atoms with Crippen molar-refractivity contribution < 1.29 is 74.0 Å². The molecule has 1 aliphatic heterocycles. The van der Waals surface area contributed by atoms with Gasteiger partial charge in [-0.3, -0.25) is 14.6 Å². The second-order valence-electron chi connectivity index (χ2n) is 9.47. The van der Waals surface area contributed by atoms with Gasteiger partial charge in [-0.15, -0.1) is 0 Å². The maximum absolute atomic E-state index is 10.6. The summed E-state index contributed by atoms with van der Waals surface area (Å²) >= 11 is 0. The fourth-order valence-corrected chi connectivity index (χ4v) is 3.44. The van der Waals surface area contributed by atoms with Crippen molar-refractivity contribution in [1.29, 1.82) is 0 Å². The molecule has 1 fully saturated rings. The average Bonchev–Trinajstić information content (AvgIpc) is 3.65. The molecule has 2 aliphatic rings. The number of carboxylic acids is 3. The fraction of sp³-hybridized carbons (Fsp3) is 0.560. The number of halogens is 9. The Kier molecular flexibility index (Phi) is 14.7. The van der Waals surface area contributed by atoms with Crippen LogP contribution in [0, 0.1) is 5.92 Å². The second-order valence-corrected chi connectivity index (χ2v) is 9.47. The SMILES string of the molecule is CCn1cc2c(n1)C(COCC1CC1)CN(Cc1ccccn1)C2.O=C(O)C(F)(F)F.O=C(O)C(F)(F)F.O=C(O)C(F)(F)F. The number of carboxylic acid groups (broad SMARTS) is 3. The van der Waals surface area contributed by atoms with E-state index in [1.807, 2.05) is 12.3 Å². The second kappa shape index (κ2) is 16.9. The molecule has 2 aromatic rings. The highest BCUT2D eigenvalue weighted by molar-refractivity contribution is 5.73. The molecular formula is C25H29F9N4O7. The molecule has 0 bridgehead atoms. The highest BCUT2D eigenvalue weighted by Gasteiger charge is 2.39. The first-order chi connectivity index (χ1) is 20.6. The van der Waals surface area contributed by atoms with Crippen molar-refractivity contribution in [2.24, 2.45) is 5.92 Å². The quantitative estimate of drug-likeness (QED) is 0.353. The van der Waals surface area contributed by atoms with Crippen LogP contribution in [0.1, 0.15) is 42.6 Å². The molecule has 254 valence electrons. The largest absolute Gasteiger partial charge is 0.490 e. The van der Waals surface area contributed by atoms with Crippen LogP contribution in [0.4, 0.5) is 39.5 Å². The first-order valence-electron chi connectivity index (χ1n) is 12.8. The Balaban J connectivity index is 0.000000396. The Morgan fingerprint density at radius 1 is 0.889 bits per heavy atom. The number of rotatable bonds is 7. The number of aryl methyl sites for hydroxylation is 1. The number of pyridine rings is 1. The molecule has 1 saturated carbocycles. The Morgan fingerprint density at radius 2 is 1.40 bits per heavy atom. The number of carbonyl (C=O) groups is 3. The van der Waals surface area contributed by atoms with E-state index in [0.29, 0.717) is 5.92 Å². The summed E-state index contributed by atoms with van der Waals surface area (Å²) in [4.78, 5) is 33.6. The Hall–Kier alpha value is -3.94. The molecule has 2 aromatic heterocycles. The molecule has 0 aromatic carbocycles. The minimum atomic E-state index is -5.08. The Morgan fingerprint density at radius 3 is 1.80 bits per heavy atom. The van der Waals surface area contributed by atoms with E-state index >= 15 is 0 Å². The molecule has 45 heavy (non-hydrogen) atoms. The zero-order valence-electron chi connectivity index (χ0n) is 23.4. The van der Waals surface area contributed by atoms with Crippen molar-refractivity contribution in [3.63, 3.8) is 0 Å². The summed E-state index contributed by atoms with van der Waals surface area (Å²) in [6, 6.07) is 6.13. The van der Waals surface area contributed by atoms with E-state index in [1.165, 1.54) is 24.1 Å². The topological polar surface area (TPSA) is 155 Å². The molecule has 0 spiro atoms. The molecule has 1 aliphatic carbocycles. The molecule has 0 radical (unpaired) electrons. The summed E-state index contributed by atoms with van der Waals surface area (Å²) in [6.45, 7) is 7.59. The third-order valence-electron chi connectivity index (χ3n) is 5.66. The van der Waals surface area contributed by atoms with Crippen molar-refractivity contribution in [1.82, 2.24) is 19.7 Å². The van der Waals surface area contributed by atoms with Crippen molar-refractivity contribution >= 4 is 17.9 Å². The van der Waals surface area contributed by atoms with Crippen LogP contribution in [-0.2, 0) is 38.8 Å². The first-order valence-corrected chi connectivity index (χ1v) is 12.8. The van der Waals surface area contributed by atoms with Crippen LogP contribution in [0.5, 0.6) is 0 Å². The molecular weight excluding hydrogens is 639 g/mol. The van der Waals surface area contributed by atoms with Crippen molar-refractivity contribution in [2.75, 3.05) is 19.8 Å². The Bertz CT molecular complexity index is 1180. The van der Waals surface area contributed by atoms with Gasteiger partial charge in [0, 0.05) is 56.7 Å². The number of ether oxygens (including phenoxy) is 1. The van der Waals surface area contributed by atoms with Gasteiger partial charge in [-0.1, -0.05) is 6.07 Å². The van der Waals surface area contributed by atoms with Gasteiger partial charge < -0.3 is 20.1 Å². The standard InChI is InChI=1S/C19H26N4O.3C2HF3O2/c1-2-23-11-16-9-22(12-18-5-3-4-8-20-18)10-17(19(16)21-23)14-24-13-15-6-7-15;3*3-2(4,5)1(6)7/h3-5,8,11,15,17H,2,6-7,9-10,12-14H2,1H3;3*(H,6,7). The van der Waals surface area contributed by atoms with Gasteiger partial charge >= 0.3 is 36.4 Å². The van der Waals surface area contributed by atoms with Gasteiger partial charge in [-0.25, -0.2) is 14.4 Å². The fourth-order valence-electron chi connectivity index (χ4n) is 3.44. The van der Waals surface area contributed by atoms with Crippen LogP contribution in [0.25, 0.3) is 0 Å². The zero-order chi connectivity index (χ0) is 34.6. The van der Waals surface area contributed by atoms with E-state index in [9.17, 15) is 39.5 Å². The smallest absolute Gasteiger partial charge is 0.475 e. The van der Waals surface area contributed by atoms with Gasteiger partial charge in [0.15, 0.2) is 0 Å². The summed E-state index contributed by atoms with van der Waals surface area (Å²) < 4.78 is 103. The van der Waals surface area contributed by atoms with Crippen molar-refractivity contribution in [3.05, 3.63) is 47.5 Å². The number of nitrogens with zero attached hydrogens (tertiary/aromatic N) is 4. The molecule has 1 atom stereocenters. The van der Waals surface area contributed by atoms with E-state index in [-0.39, 0.29) is 0 Å². The van der Waals surface area contributed by atoms with Crippen LogP contribution in [0.2, 0.25) is 0 Å². The van der Waals surface area contributed by atoms with E-state index in [2.05, 4.69) is 39.8 Å². The lowest BCUT2D eigenvalue weighted by molar-refractivity contribution is -0.193. The molecule has 1 unspecified atom stereocenters. The lowest BCUT2D eigenvalue weighted by Crippen LogP contribution is -2.35. The van der Waals surface area contributed by atoms with Gasteiger partial charge in [0.25, 0.3) is 0 Å². The zero-order valence-corrected chi connectivity index (χ0v) is 23.4. The van der Waals surface area contributed by atoms with Gasteiger partial charge in [-0.05, 0) is 37.8 Å². The number of fused-ring (bicyclic) bond motifs is 1. The molecule has 0 saturated heterocycles. The normalized spacial score (nSPS) is 16.4. The summed E-state index contributed by atoms with van der Waals surface area (Å²) in [7, 11) is 0. The highest BCUT2D eigenvalue weighted by atomic mass is 19.4. The number of hydrogen-bond donors (Lipinski definition) is 3. The predicted molar refractivity (Wildman–Crippen MR) is 134 cm³/mol. The molecule has 11 nitrogen and oxygen atoms in total. The number of alkyl halides is 9. The molecule has 20 heteroatoms. The van der Waals surface area contributed by atoms with Crippen LogP contribution in [0.15, 0.2) is 30.6 Å². The van der Waals surface area contributed by atoms with Crippen LogP contribution in [0.3, 0.4) is 0 Å². The van der Waals surface area contributed by atoms with Gasteiger partial charge in [0.1, 0.15) is 0 Å². The third kappa shape index (κ3) is 15.6. The predicted octanol–water partition coefficient (Wildman–Crippen LogP) is 4.72. The van der Waals surface area contributed by atoms with Crippen molar-refractivity contribution in [3.8, 4) is 0 Å². The minimum absolute atomic E-state index is 0.365. The molecule has 4 rings (SSSR count). The van der Waals surface area contributed by atoms with E-state index in [1.54, 1.807) is 0 Å². The molecule has 0 amide bonds. The first kappa shape index (κ1) is 39.1. The summed E-state index contributed by atoms with van der Waals surface area (Å²) in [5, 5.41) is 26.2. The summed E-state index contributed by atoms with van der Waals surface area (Å²) in [6.07, 6.45) is -8.50. The van der Waals surface area contributed by atoms with Gasteiger partial charge in [0.2, 0.25) is 0 Å². The van der Waals surface area contributed by atoms with E-state index < -0.39 is 36.4 Å². The minimum Gasteiger partial charge on any atom is -0.475 e. The Labute approximate surface area is 249 Å². The molecule has 3 N–H and O–H groups in total. The van der Waals surface area contributed by atoms with Gasteiger partial charge in [-0.2, -0.15) is 44.6 Å². The lowest BCUT2D eigenvalue weighted by atomic mass is 9.97. The van der Waals surface area contributed by atoms with Gasteiger partial charge in [0.05, 0.1) is 18.0 Å². The maximum Gasteiger partial charge on any atom is 0.490 e. The van der Waals surface area contributed by atoms with Crippen molar-refractivity contribution in [2.45, 2.75) is 63.8 Å². The summed E-state index contributed by atoms with van der Waals surface area (Å²) in [5.41, 5.74) is 3.71. The number of aliphatic carboxylic acids is 3. The van der Waals surface area contributed by atoms with Crippen LogP contribution >= 0.6 is 0 Å². The summed E-state index contributed by atoms with van der Waals surface area (Å²) in [5.74, 6) is -7.10. The van der Waals surface area contributed by atoms with Crippen LogP contribution < -0.4 is 0 Å². The molecule has 3 heterocycles.